The molecule has 108 valence electrons. The van der Waals surface area contributed by atoms with E-state index in [0.717, 1.165) is 5.56 Å². The second kappa shape index (κ2) is 5.66. The van der Waals surface area contributed by atoms with E-state index in [1.165, 1.54) is 30.7 Å². The molecule has 0 aromatic heterocycles. The third-order valence-corrected chi connectivity index (χ3v) is 6.48. The van der Waals surface area contributed by atoms with E-state index in [1.807, 2.05) is 0 Å². The van der Waals surface area contributed by atoms with Gasteiger partial charge in [0.2, 0.25) is 0 Å². The molecule has 9 heteroatoms. The van der Waals surface area contributed by atoms with Gasteiger partial charge in [-0.15, -0.1) is 0 Å². The number of hydrogen-bond donors (Lipinski definition) is 1. The standard InChI is InChI=1S/C10H16ClN3O3S2/c1-8-5-6-9(7-10(8)11)12-19(16,17)13-18(4,15)14(2)3/h5-7,12H,1-4H3. The quantitative estimate of drug-likeness (QED) is 0.918. The summed E-state index contributed by atoms with van der Waals surface area (Å²) in [5, 5.41) is 0.435. The Hall–Kier alpha value is -0.830. The Morgan fingerprint density at radius 2 is 1.84 bits per heavy atom. The highest BCUT2D eigenvalue weighted by atomic mass is 35.5. The first-order valence-electron chi connectivity index (χ1n) is 5.23. The van der Waals surface area contributed by atoms with Gasteiger partial charge in [-0.2, -0.15) is 8.42 Å². The predicted molar refractivity (Wildman–Crippen MR) is 78.9 cm³/mol. The van der Waals surface area contributed by atoms with Crippen LogP contribution in [0.4, 0.5) is 5.69 Å². The van der Waals surface area contributed by atoms with Crippen molar-refractivity contribution in [1.82, 2.24) is 4.31 Å². The molecule has 1 unspecified atom stereocenters. The van der Waals surface area contributed by atoms with E-state index < -0.39 is 20.1 Å². The van der Waals surface area contributed by atoms with E-state index in [2.05, 4.69) is 8.49 Å². The van der Waals surface area contributed by atoms with Gasteiger partial charge in [0.15, 0.2) is 0 Å². The van der Waals surface area contributed by atoms with Crippen molar-refractivity contribution < 1.29 is 12.6 Å². The van der Waals surface area contributed by atoms with E-state index in [1.54, 1.807) is 19.1 Å². The van der Waals surface area contributed by atoms with Crippen molar-refractivity contribution in [3.8, 4) is 0 Å². The number of aryl methyl sites for hydroxylation is 1. The average Bonchev–Trinajstić information content (AvgIpc) is 2.21. The lowest BCUT2D eigenvalue weighted by Crippen LogP contribution is -2.23. The van der Waals surface area contributed by atoms with Crippen molar-refractivity contribution in [1.29, 1.82) is 0 Å². The SMILES string of the molecule is Cc1ccc(NS(=O)(=O)N=S(C)(=O)N(C)C)cc1Cl. The monoisotopic (exact) mass is 325 g/mol. The zero-order valence-electron chi connectivity index (χ0n) is 11.0. The molecule has 0 fully saturated rings. The van der Waals surface area contributed by atoms with Gasteiger partial charge in [-0.1, -0.05) is 21.4 Å². The van der Waals surface area contributed by atoms with Crippen LogP contribution in [0, 0.1) is 6.92 Å². The van der Waals surface area contributed by atoms with Crippen LogP contribution in [0.2, 0.25) is 5.02 Å². The van der Waals surface area contributed by atoms with E-state index in [0.29, 0.717) is 5.02 Å². The minimum atomic E-state index is -4.07. The first-order valence-corrected chi connectivity index (χ1v) is 8.93. The summed E-state index contributed by atoms with van der Waals surface area (Å²) in [6, 6.07) is 4.70. The summed E-state index contributed by atoms with van der Waals surface area (Å²) in [6.45, 7) is 1.80. The molecule has 0 radical (unpaired) electrons. The molecular formula is C10H16ClN3O3S2. The zero-order chi connectivity index (χ0) is 14.8. The largest absolute Gasteiger partial charge is 0.351 e. The molecule has 1 N–H and O–H groups in total. The van der Waals surface area contributed by atoms with Crippen molar-refractivity contribution in [2.24, 2.45) is 3.77 Å². The molecule has 1 aromatic carbocycles. The zero-order valence-corrected chi connectivity index (χ0v) is 13.4. The smallest absolute Gasteiger partial charge is 0.265 e. The molecule has 0 aliphatic carbocycles. The molecule has 0 aliphatic heterocycles. The van der Waals surface area contributed by atoms with Gasteiger partial charge in [0.05, 0.1) is 5.69 Å². The highest BCUT2D eigenvalue weighted by Crippen LogP contribution is 2.21. The Labute approximate surface area is 119 Å². The van der Waals surface area contributed by atoms with Gasteiger partial charge in [-0.25, -0.2) is 8.51 Å². The minimum absolute atomic E-state index is 0.272. The lowest BCUT2D eigenvalue weighted by atomic mass is 10.2. The van der Waals surface area contributed by atoms with E-state index in [4.69, 9.17) is 11.6 Å². The molecule has 1 rings (SSSR count). The molecule has 0 saturated carbocycles. The van der Waals surface area contributed by atoms with Crippen LogP contribution in [0.5, 0.6) is 0 Å². The van der Waals surface area contributed by atoms with Crippen LogP contribution < -0.4 is 4.72 Å². The van der Waals surface area contributed by atoms with Crippen LogP contribution in [-0.2, 0) is 20.1 Å². The van der Waals surface area contributed by atoms with Crippen molar-refractivity contribution >= 4 is 37.4 Å². The third-order valence-electron chi connectivity index (χ3n) is 2.33. The molecule has 19 heavy (non-hydrogen) atoms. The van der Waals surface area contributed by atoms with Crippen LogP contribution in [0.15, 0.2) is 22.0 Å². The molecule has 1 aromatic rings. The number of nitrogens with zero attached hydrogens (tertiary/aromatic N) is 2. The fourth-order valence-corrected chi connectivity index (χ4v) is 3.82. The van der Waals surface area contributed by atoms with Crippen molar-refractivity contribution in [3.05, 3.63) is 28.8 Å². The summed E-state index contributed by atoms with van der Waals surface area (Å²) in [5.41, 5.74) is 1.10. The molecule has 0 heterocycles. The van der Waals surface area contributed by atoms with Crippen molar-refractivity contribution in [2.45, 2.75) is 6.92 Å². The molecule has 0 saturated heterocycles. The number of anilines is 1. The topological polar surface area (TPSA) is 78.8 Å². The van der Waals surface area contributed by atoms with Gasteiger partial charge >= 0.3 is 10.2 Å². The molecule has 0 bridgehead atoms. The highest BCUT2D eigenvalue weighted by molar-refractivity contribution is 8.02. The van der Waals surface area contributed by atoms with E-state index in [-0.39, 0.29) is 5.69 Å². The summed E-state index contributed by atoms with van der Waals surface area (Å²) < 4.78 is 42.3. The Bertz CT molecular complexity index is 692. The third kappa shape index (κ3) is 4.64. The molecule has 6 nitrogen and oxygen atoms in total. The maximum atomic E-state index is 11.9. The second-order valence-corrected chi connectivity index (χ2v) is 8.60. The number of benzene rings is 1. The predicted octanol–water partition coefficient (Wildman–Crippen LogP) is 1.88. The fraction of sp³-hybridized carbons (Fsp3) is 0.400. The Kier molecular flexibility index (Phi) is 4.83. The van der Waals surface area contributed by atoms with Crippen molar-refractivity contribution in [3.63, 3.8) is 0 Å². The number of rotatable bonds is 4. The highest BCUT2D eigenvalue weighted by Gasteiger charge is 2.14. The summed E-state index contributed by atoms with van der Waals surface area (Å²) in [7, 11) is -4.06. The van der Waals surface area contributed by atoms with Gasteiger partial charge in [0, 0.05) is 25.4 Å². The first-order chi connectivity index (χ1) is 8.53. The second-order valence-electron chi connectivity index (χ2n) is 4.19. The van der Waals surface area contributed by atoms with Crippen LogP contribution in [0.1, 0.15) is 5.56 Å². The molecule has 1 atom stereocenters. The normalized spacial score (nSPS) is 15.1. The maximum Gasteiger partial charge on any atom is 0.351 e. The molecule has 0 amide bonds. The maximum absolute atomic E-state index is 11.9. The fourth-order valence-electron chi connectivity index (χ4n) is 1.07. The van der Waals surface area contributed by atoms with Gasteiger partial charge < -0.3 is 0 Å². The number of halogens is 1. The molecular weight excluding hydrogens is 310 g/mol. The molecule has 0 aliphatic rings. The minimum Gasteiger partial charge on any atom is -0.265 e. The van der Waals surface area contributed by atoms with Gasteiger partial charge in [-0.3, -0.25) is 4.72 Å². The number of nitrogens with one attached hydrogen (secondary N) is 1. The van der Waals surface area contributed by atoms with Crippen LogP contribution in [-0.4, -0.2) is 37.3 Å². The Morgan fingerprint density at radius 3 is 2.32 bits per heavy atom. The lowest BCUT2D eigenvalue weighted by molar-refractivity contribution is 0.591. The number of hydrogen-bond acceptors (Lipinski definition) is 3. The van der Waals surface area contributed by atoms with Crippen LogP contribution in [0.3, 0.4) is 0 Å². The van der Waals surface area contributed by atoms with E-state index >= 15 is 0 Å². The summed E-state index contributed by atoms with van der Waals surface area (Å²) in [6.07, 6.45) is 1.24. The molecule has 0 spiro atoms. The van der Waals surface area contributed by atoms with Gasteiger partial charge in [0.25, 0.3) is 0 Å². The average molecular weight is 326 g/mol. The lowest BCUT2D eigenvalue weighted by Gasteiger charge is -2.12. The van der Waals surface area contributed by atoms with Gasteiger partial charge in [0.1, 0.15) is 9.92 Å². The van der Waals surface area contributed by atoms with Crippen LogP contribution >= 0.6 is 11.6 Å². The van der Waals surface area contributed by atoms with Gasteiger partial charge in [-0.05, 0) is 24.6 Å². The van der Waals surface area contributed by atoms with E-state index in [9.17, 15) is 12.6 Å². The summed E-state index contributed by atoms with van der Waals surface area (Å²) in [4.78, 5) is 0. The van der Waals surface area contributed by atoms with Crippen molar-refractivity contribution in [2.75, 3.05) is 25.1 Å². The van der Waals surface area contributed by atoms with Crippen LogP contribution in [0.25, 0.3) is 0 Å². The first kappa shape index (κ1) is 16.2. The summed E-state index contributed by atoms with van der Waals surface area (Å²) >= 11 is 5.90. The Morgan fingerprint density at radius 1 is 1.26 bits per heavy atom. The summed E-state index contributed by atoms with van der Waals surface area (Å²) in [5.74, 6) is 0. The Balaban J connectivity index is 3.11.